The maximum absolute atomic E-state index is 13.4. The normalized spacial score (nSPS) is 11.5. The number of nitrogens with zero attached hydrogens (tertiary/aromatic N) is 1. The Balaban J connectivity index is 1.85. The van der Waals surface area contributed by atoms with E-state index in [0.29, 0.717) is 23.7 Å². The second kappa shape index (κ2) is 12.8. The van der Waals surface area contributed by atoms with Gasteiger partial charge in [0.05, 0.1) is 0 Å². The van der Waals surface area contributed by atoms with Crippen LogP contribution in [0.2, 0.25) is 5.02 Å². The fourth-order valence-corrected chi connectivity index (χ4v) is 3.81. The van der Waals surface area contributed by atoms with Gasteiger partial charge >= 0.3 is 0 Å². The summed E-state index contributed by atoms with van der Waals surface area (Å²) in [5.74, 6) is 0.164. The van der Waals surface area contributed by atoms with Crippen LogP contribution in [-0.2, 0) is 29.0 Å². The van der Waals surface area contributed by atoms with E-state index in [1.807, 2.05) is 73.7 Å². The fraction of sp³-hybridized carbons (Fsp3) is 0.286. The van der Waals surface area contributed by atoms with Crippen LogP contribution < -0.4 is 10.1 Å². The third-order valence-corrected chi connectivity index (χ3v) is 5.83. The van der Waals surface area contributed by atoms with E-state index in [0.717, 1.165) is 17.5 Å². The predicted octanol–water partition coefficient (Wildman–Crippen LogP) is 5.06. The summed E-state index contributed by atoms with van der Waals surface area (Å²) in [6, 6.07) is 24.0. The molecule has 0 saturated carbocycles. The van der Waals surface area contributed by atoms with Crippen LogP contribution in [0.1, 0.15) is 30.5 Å². The number of hydrogen-bond donors (Lipinski definition) is 1. The Morgan fingerprint density at radius 1 is 0.882 bits per heavy atom. The monoisotopic (exact) mass is 478 g/mol. The largest absolute Gasteiger partial charge is 0.484 e. The smallest absolute Gasteiger partial charge is 0.261 e. The standard InChI is InChI=1S/C28H31ClN2O3/c1-3-21-12-16-25(17-13-21)34-20-27(32)31(19-23-10-14-24(29)15-11-23)26(28(33)30-4-2)18-22-8-6-5-7-9-22/h5-17,26H,3-4,18-20H2,1-2H3,(H,30,33)/t26-/m0/s1. The van der Waals surface area contributed by atoms with Crippen molar-refractivity contribution >= 4 is 23.4 Å². The minimum Gasteiger partial charge on any atom is -0.484 e. The molecule has 0 fully saturated rings. The van der Waals surface area contributed by atoms with Crippen LogP contribution in [-0.4, -0.2) is 35.9 Å². The van der Waals surface area contributed by atoms with Gasteiger partial charge in [-0.15, -0.1) is 0 Å². The number of benzene rings is 3. The first-order chi connectivity index (χ1) is 16.5. The highest BCUT2D eigenvalue weighted by molar-refractivity contribution is 6.30. The second-order valence-electron chi connectivity index (χ2n) is 8.03. The Morgan fingerprint density at radius 2 is 1.53 bits per heavy atom. The van der Waals surface area contributed by atoms with Gasteiger partial charge in [0.25, 0.3) is 5.91 Å². The van der Waals surface area contributed by atoms with Gasteiger partial charge in [-0.25, -0.2) is 0 Å². The number of carbonyl (C=O) groups excluding carboxylic acids is 2. The number of aryl methyl sites for hydroxylation is 1. The van der Waals surface area contributed by atoms with Gasteiger partial charge in [-0.1, -0.05) is 73.1 Å². The van der Waals surface area contributed by atoms with Gasteiger partial charge in [0.15, 0.2) is 6.61 Å². The van der Waals surface area contributed by atoms with Crippen molar-refractivity contribution in [2.24, 2.45) is 0 Å². The summed E-state index contributed by atoms with van der Waals surface area (Å²) in [4.78, 5) is 28.2. The molecule has 0 aromatic heterocycles. The Hall–Kier alpha value is -3.31. The highest BCUT2D eigenvalue weighted by Crippen LogP contribution is 2.18. The van der Waals surface area contributed by atoms with E-state index in [4.69, 9.17) is 16.3 Å². The minimum absolute atomic E-state index is 0.163. The van der Waals surface area contributed by atoms with Crippen molar-refractivity contribution in [3.05, 3.63) is 101 Å². The van der Waals surface area contributed by atoms with Crippen molar-refractivity contribution in [3.63, 3.8) is 0 Å². The summed E-state index contributed by atoms with van der Waals surface area (Å²) in [6.45, 7) is 4.54. The molecule has 0 spiro atoms. The van der Waals surface area contributed by atoms with Crippen molar-refractivity contribution in [1.82, 2.24) is 10.2 Å². The Bertz CT molecular complexity index is 1050. The molecule has 0 unspecified atom stereocenters. The summed E-state index contributed by atoms with van der Waals surface area (Å²) < 4.78 is 5.80. The summed E-state index contributed by atoms with van der Waals surface area (Å²) in [5.41, 5.74) is 3.05. The van der Waals surface area contributed by atoms with Gasteiger partial charge in [0.1, 0.15) is 11.8 Å². The molecule has 3 aromatic rings. The Morgan fingerprint density at radius 3 is 2.15 bits per heavy atom. The molecule has 0 heterocycles. The molecule has 0 saturated heterocycles. The van der Waals surface area contributed by atoms with Gasteiger partial charge in [-0.05, 0) is 54.3 Å². The fourth-order valence-electron chi connectivity index (χ4n) is 3.68. The van der Waals surface area contributed by atoms with Crippen LogP contribution in [0.4, 0.5) is 0 Å². The lowest BCUT2D eigenvalue weighted by atomic mass is 10.0. The molecule has 1 atom stereocenters. The molecular formula is C28H31ClN2O3. The number of carbonyl (C=O) groups is 2. The van der Waals surface area contributed by atoms with Crippen molar-refractivity contribution in [3.8, 4) is 5.75 Å². The van der Waals surface area contributed by atoms with E-state index < -0.39 is 6.04 Å². The van der Waals surface area contributed by atoms with E-state index in [-0.39, 0.29) is 25.0 Å². The molecular weight excluding hydrogens is 448 g/mol. The molecule has 0 radical (unpaired) electrons. The molecule has 5 nitrogen and oxygen atoms in total. The van der Waals surface area contributed by atoms with E-state index >= 15 is 0 Å². The zero-order chi connectivity index (χ0) is 24.3. The molecule has 1 N–H and O–H groups in total. The maximum Gasteiger partial charge on any atom is 0.261 e. The predicted molar refractivity (Wildman–Crippen MR) is 136 cm³/mol. The second-order valence-corrected chi connectivity index (χ2v) is 8.47. The number of rotatable bonds is 11. The first kappa shape index (κ1) is 25.3. The van der Waals surface area contributed by atoms with E-state index in [9.17, 15) is 9.59 Å². The molecule has 6 heteroatoms. The van der Waals surface area contributed by atoms with Crippen molar-refractivity contribution < 1.29 is 14.3 Å². The third kappa shape index (κ3) is 7.35. The lowest BCUT2D eigenvalue weighted by molar-refractivity contribution is -0.142. The number of hydrogen-bond acceptors (Lipinski definition) is 3. The number of nitrogens with one attached hydrogen (secondary N) is 1. The van der Waals surface area contributed by atoms with Gasteiger partial charge in [0, 0.05) is 24.5 Å². The average Bonchev–Trinajstić information content (AvgIpc) is 2.87. The van der Waals surface area contributed by atoms with E-state index in [1.165, 1.54) is 5.56 Å². The van der Waals surface area contributed by atoms with Crippen LogP contribution >= 0.6 is 11.6 Å². The van der Waals surface area contributed by atoms with E-state index in [1.54, 1.807) is 17.0 Å². The van der Waals surface area contributed by atoms with Crippen molar-refractivity contribution in [2.45, 2.75) is 39.3 Å². The lowest BCUT2D eigenvalue weighted by Crippen LogP contribution is -2.51. The molecule has 0 aliphatic carbocycles. The summed E-state index contributed by atoms with van der Waals surface area (Å²) in [5, 5.41) is 3.50. The van der Waals surface area contributed by atoms with Crippen molar-refractivity contribution in [2.75, 3.05) is 13.2 Å². The van der Waals surface area contributed by atoms with Crippen LogP contribution in [0.3, 0.4) is 0 Å². The van der Waals surface area contributed by atoms with Crippen LogP contribution in [0.15, 0.2) is 78.9 Å². The molecule has 0 aliphatic rings. The SMILES string of the molecule is CCNC(=O)[C@H](Cc1ccccc1)N(Cc1ccc(Cl)cc1)C(=O)COc1ccc(CC)cc1. The van der Waals surface area contributed by atoms with Gasteiger partial charge in [-0.3, -0.25) is 9.59 Å². The number of halogens is 1. The van der Waals surface area contributed by atoms with Crippen LogP contribution in [0.25, 0.3) is 0 Å². The minimum atomic E-state index is -0.684. The summed E-state index contributed by atoms with van der Waals surface area (Å²) in [6.07, 6.45) is 1.33. The van der Waals surface area contributed by atoms with Crippen LogP contribution in [0.5, 0.6) is 5.75 Å². The zero-order valence-electron chi connectivity index (χ0n) is 19.7. The highest BCUT2D eigenvalue weighted by Gasteiger charge is 2.30. The molecule has 2 amide bonds. The quantitative estimate of drug-likeness (QED) is 0.419. The molecule has 3 aromatic carbocycles. The van der Waals surface area contributed by atoms with E-state index in [2.05, 4.69) is 12.2 Å². The maximum atomic E-state index is 13.4. The first-order valence-electron chi connectivity index (χ1n) is 11.6. The van der Waals surface area contributed by atoms with Gasteiger partial charge in [0.2, 0.25) is 5.91 Å². The number of ether oxygens (including phenoxy) is 1. The van der Waals surface area contributed by atoms with Crippen LogP contribution in [0, 0.1) is 0 Å². The third-order valence-electron chi connectivity index (χ3n) is 5.58. The first-order valence-corrected chi connectivity index (χ1v) is 11.9. The average molecular weight is 479 g/mol. The molecule has 178 valence electrons. The highest BCUT2D eigenvalue weighted by atomic mass is 35.5. The topological polar surface area (TPSA) is 58.6 Å². The number of likely N-dealkylation sites (N-methyl/N-ethyl adjacent to an activating group) is 1. The zero-order valence-corrected chi connectivity index (χ0v) is 20.4. The molecule has 34 heavy (non-hydrogen) atoms. The van der Waals surface area contributed by atoms with Gasteiger partial charge in [-0.2, -0.15) is 0 Å². The summed E-state index contributed by atoms with van der Waals surface area (Å²) in [7, 11) is 0. The van der Waals surface area contributed by atoms with Gasteiger partial charge < -0.3 is 15.0 Å². The molecule has 0 bridgehead atoms. The summed E-state index contributed by atoms with van der Waals surface area (Å²) >= 11 is 6.05. The number of amides is 2. The molecule has 0 aliphatic heterocycles. The Kier molecular flexibility index (Phi) is 9.53. The van der Waals surface area contributed by atoms with Crippen molar-refractivity contribution in [1.29, 1.82) is 0 Å². The lowest BCUT2D eigenvalue weighted by Gasteiger charge is -2.31. The molecule has 3 rings (SSSR count). The Labute approximate surface area is 206 Å².